The van der Waals surface area contributed by atoms with Crippen LogP contribution < -0.4 is 11.1 Å². The fraction of sp³-hybridized carbons (Fsp3) is 0.500. The number of benzene rings is 1. The molecule has 19 heavy (non-hydrogen) atoms. The molecule has 0 saturated heterocycles. The van der Waals surface area contributed by atoms with Gasteiger partial charge in [-0.05, 0) is 38.0 Å². The standard InChI is InChI=1S/C14H21BrN2OS/c1-4-11(5-2)17-14(18)9(3)19-13-7-6-10(15)8-12(13)16/h6-9,11H,4-5,16H2,1-3H3,(H,17,18). The third-order valence-corrected chi connectivity index (χ3v) is 4.66. The zero-order valence-electron chi connectivity index (χ0n) is 11.6. The molecule has 0 saturated carbocycles. The summed E-state index contributed by atoms with van der Waals surface area (Å²) in [5.41, 5.74) is 6.64. The number of halogens is 1. The number of nitrogens with one attached hydrogen (secondary N) is 1. The molecule has 1 aromatic carbocycles. The monoisotopic (exact) mass is 344 g/mol. The number of amides is 1. The highest BCUT2D eigenvalue weighted by Crippen LogP contribution is 2.30. The van der Waals surface area contributed by atoms with Crippen molar-refractivity contribution in [2.45, 2.75) is 49.8 Å². The van der Waals surface area contributed by atoms with Gasteiger partial charge >= 0.3 is 0 Å². The van der Waals surface area contributed by atoms with Crippen molar-refractivity contribution in [3.63, 3.8) is 0 Å². The van der Waals surface area contributed by atoms with Crippen LogP contribution >= 0.6 is 27.7 Å². The van der Waals surface area contributed by atoms with Gasteiger partial charge in [-0.25, -0.2) is 0 Å². The Hall–Kier alpha value is -0.680. The summed E-state index contributed by atoms with van der Waals surface area (Å²) < 4.78 is 0.948. The summed E-state index contributed by atoms with van der Waals surface area (Å²) in [7, 11) is 0. The minimum atomic E-state index is -0.149. The zero-order valence-corrected chi connectivity index (χ0v) is 14.0. The van der Waals surface area contributed by atoms with E-state index in [0.717, 1.165) is 22.2 Å². The molecular formula is C14H21BrN2OS. The third kappa shape index (κ3) is 5.07. The predicted octanol–water partition coefficient (Wildman–Crippen LogP) is 3.82. The Morgan fingerprint density at radius 1 is 1.42 bits per heavy atom. The van der Waals surface area contributed by atoms with Gasteiger partial charge in [0.15, 0.2) is 0 Å². The first-order valence-corrected chi connectivity index (χ1v) is 8.17. The van der Waals surface area contributed by atoms with Crippen LogP contribution in [0.4, 0.5) is 5.69 Å². The van der Waals surface area contributed by atoms with Crippen LogP contribution in [0, 0.1) is 0 Å². The molecule has 1 unspecified atom stereocenters. The van der Waals surface area contributed by atoms with Crippen LogP contribution in [-0.4, -0.2) is 17.2 Å². The highest BCUT2D eigenvalue weighted by molar-refractivity contribution is 9.10. The average molecular weight is 345 g/mol. The van der Waals surface area contributed by atoms with Crippen molar-refractivity contribution in [3.8, 4) is 0 Å². The van der Waals surface area contributed by atoms with Gasteiger partial charge in [0.05, 0.1) is 5.25 Å². The van der Waals surface area contributed by atoms with Crippen LogP contribution in [0.5, 0.6) is 0 Å². The predicted molar refractivity (Wildman–Crippen MR) is 86.4 cm³/mol. The van der Waals surface area contributed by atoms with Gasteiger partial charge in [-0.1, -0.05) is 29.8 Å². The van der Waals surface area contributed by atoms with Gasteiger partial charge in [-0.15, -0.1) is 11.8 Å². The molecule has 1 aromatic rings. The number of anilines is 1. The van der Waals surface area contributed by atoms with Crippen molar-refractivity contribution in [1.82, 2.24) is 5.32 Å². The normalized spacial score (nSPS) is 12.5. The Morgan fingerprint density at radius 3 is 2.58 bits per heavy atom. The number of hydrogen-bond acceptors (Lipinski definition) is 3. The van der Waals surface area contributed by atoms with Crippen LogP contribution in [-0.2, 0) is 4.79 Å². The highest BCUT2D eigenvalue weighted by Gasteiger charge is 2.17. The summed E-state index contributed by atoms with van der Waals surface area (Å²) in [6.45, 7) is 6.07. The summed E-state index contributed by atoms with van der Waals surface area (Å²) >= 11 is 4.87. The summed E-state index contributed by atoms with van der Waals surface area (Å²) in [6, 6.07) is 5.99. The van der Waals surface area contributed by atoms with Gasteiger partial charge in [0, 0.05) is 21.1 Å². The van der Waals surface area contributed by atoms with Crippen molar-refractivity contribution >= 4 is 39.3 Å². The van der Waals surface area contributed by atoms with Gasteiger partial charge in [0.1, 0.15) is 0 Å². The molecule has 0 fully saturated rings. The maximum atomic E-state index is 12.1. The second kappa shape index (κ2) is 7.80. The minimum Gasteiger partial charge on any atom is -0.398 e. The molecule has 3 N–H and O–H groups in total. The number of thioether (sulfide) groups is 1. The van der Waals surface area contributed by atoms with Crippen LogP contribution in [0.15, 0.2) is 27.6 Å². The number of nitrogen functional groups attached to an aromatic ring is 1. The maximum absolute atomic E-state index is 12.1. The van der Waals surface area contributed by atoms with Crippen LogP contribution in [0.1, 0.15) is 33.6 Å². The molecule has 1 atom stereocenters. The van der Waals surface area contributed by atoms with Crippen molar-refractivity contribution < 1.29 is 4.79 Å². The smallest absolute Gasteiger partial charge is 0.233 e. The first kappa shape index (κ1) is 16.4. The van der Waals surface area contributed by atoms with Gasteiger partial charge < -0.3 is 11.1 Å². The summed E-state index contributed by atoms with van der Waals surface area (Å²) in [5.74, 6) is 0.0704. The number of nitrogens with two attached hydrogens (primary N) is 1. The van der Waals surface area contributed by atoms with Crippen LogP contribution in [0.3, 0.4) is 0 Å². The topological polar surface area (TPSA) is 55.1 Å². The van der Waals surface area contributed by atoms with E-state index in [2.05, 4.69) is 35.1 Å². The first-order valence-electron chi connectivity index (χ1n) is 6.50. The molecule has 0 aliphatic rings. The number of carbonyl (C=O) groups excluding carboxylic acids is 1. The zero-order chi connectivity index (χ0) is 14.4. The Balaban J connectivity index is 2.63. The summed E-state index contributed by atoms with van der Waals surface area (Å²) in [4.78, 5) is 13.0. The SMILES string of the molecule is CCC(CC)NC(=O)C(C)Sc1ccc(Br)cc1N. The number of carbonyl (C=O) groups is 1. The molecule has 3 nitrogen and oxygen atoms in total. The van der Waals surface area contributed by atoms with E-state index < -0.39 is 0 Å². The molecule has 106 valence electrons. The van der Waals surface area contributed by atoms with Crippen molar-refractivity contribution in [2.24, 2.45) is 0 Å². The van der Waals surface area contributed by atoms with E-state index in [-0.39, 0.29) is 17.2 Å². The van der Waals surface area contributed by atoms with Crippen molar-refractivity contribution in [2.75, 3.05) is 5.73 Å². The van der Waals surface area contributed by atoms with Gasteiger partial charge in [0.2, 0.25) is 5.91 Å². The molecule has 0 heterocycles. The molecule has 1 rings (SSSR count). The molecule has 1 amide bonds. The Kier molecular flexibility index (Phi) is 6.72. The quantitative estimate of drug-likeness (QED) is 0.609. The molecular weight excluding hydrogens is 324 g/mol. The van der Waals surface area contributed by atoms with E-state index in [1.807, 2.05) is 25.1 Å². The first-order chi connectivity index (χ1) is 8.97. The fourth-order valence-electron chi connectivity index (χ4n) is 1.68. The molecule has 0 aliphatic heterocycles. The van der Waals surface area contributed by atoms with Gasteiger partial charge in [-0.2, -0.15) is 0 Å². The fourth-order valence-corrected chi connectivity index (χ4v) is 2.96. The Morgan fingerprint density at radius 2 is 2.05 bits per heavy atom. The van der Waals surface area contributed by atoms with Gasteiger partial charge in [0.25, 0.3) is 0 Å². The van der Waals surface area contributed by atoms with E-state index in [1.165, 1.54) is 11.8 Å². The average Bonchev–Trinajstić information content (AvgIpc) is 2.38. The molecule has 0 bridgehead atoms. The Labute approximate surface area is 127 Å². The van der Waals surface area contributed by atoms with E-state index in [0.29, 0.717) is 5.69 Å². The van der Waals surface area contributed by atoms with E-state index in [4.69, 9.17) is 5.73 Å². The maximum Gasteiger partial charge on any atom is 0.233 e. The van der Waals surface area contributed by atoms with Crippen molar-refractivity contribution in [3.05, 3.63) is 22.7 Å². The van der Waals surface area contributed by atoms with Crippen LogP contribution in [0.2, 0.25) is 0 Å². The molecule has 0 radical (unpaired) electrons. The molecule has 0 aromatic heterocycles. The van der Waals surface area contributed by atoms with Crippen molar-refractivity contribution in [1.29, 1.82) is 0 Å². The molecule has 5 heteroatoms. The summed E-state index contributed by atoms with van der Waals surface area (Å²) in [5, 5.41) is 2.91. The lowest BCUT2D eigenvalue weighted by atomic mass is 10.2. The lowest BCUT2D eigenvalue weighted by Gasteiger charge is -2.18. The van der Waals surface area contributed by atoms with Crippen LogP contribution in [0.25, 0.3) is 0 Å². The van der Waals surface area contributed by atoms with Gasteiger partial charge in [-0.3, -0.25) is 4.79 Å². The largest absolute Gasteiger partial charge is 0.398 e. The highest BCUT2D eigenvalue weighted by atomic mass is 79.9. The second-order valence-corrected chi connectivity index (χ2v) is 6.76. The summed E-state index contributed by atoms with van der Waals surface area (Å²) in [6.07, 6.45) is 1.92. The minimum absolute atomic E-state index is 0.0704. The number of hydrogen-bond donors (Lipinski definition) is 2. The lowest BCUT2D eigenvalue weighted by Crippen LogP contribution is -2.38. The Bertz CT molecular complexity index is 435. The second-order valence-electron chi connectivity index (χ2n) is 4.46. The molecule has 0 spiro atoms. The van der Waals surface area contributed by atoms with E-state index >= 15 is 0 Å². The number of rotatable bonds is 6. The van der Waals surface area contributed by atoms with E-state index in [9.17, 15) is 4.79 Å². The lowest BCUT2D eigenvalue weighted by molar-refractivity contribution is -0.121. The molecule has 0 aliphatic carbocycles. The van der Waals surface area contributed by atoms with E-state index in [1.54, 1.807) is 0 Å². The third-order valence-electron chi connectivity index (χ3n) is 2.98.